The molecule has 0 aromatic carbocycles. The van der Waals surface area contributed by atoms with Crippen molar-refractivity contribution in [3.05, 3.63) is 20.8 Å². The summed E-state index contributed by atoms with van der Waals surface area (Å²) in [5.41, 5.74) is -0.159. The molecule has 2 aromatic rings. The fourth-order valence-corrected chi connectivity index (χ4v) is 1.87. The van der Waals surface area contributed by atoms with E-state index in [1.54, 1.807) is 7.05 Å². The van der Waals surface area contributed by atoms with Gasteiger partial charge < -0.3 is 15.2 Å². The van der Waals surface area contributed by atoms with Gasteiger partial charge in [-0.05, 0) is 27.9 Å². The van der Waals surface area contributed by atoms with Gasteiger partial charge in [0, 0.05) is 26.2 Å². The third-order valence-corrected chi connectivity index (χ3v) is 3.99. The topological polar surface area (TPSA) is 88.0 Å². The molecular weight excluding hydrogens is 272 g/mol. The van der Waals surface area contributed by atoms with Gasteiger partial charge in [-0.15, -0.1) is 0 Å². The van der Waals surface area contributed by atoms with E-state index in [-0.39, 0.29) is 16.8 Å². The number of fused-ring (bicyclic) bond motifs is 1. The van der Waals surface area contributed by atoms with Crippen molar-refractivity contribution in [3.63, 3.8) is 0 Å². The summed E-state index contributed by atoms with van der Waals surface area (Å²) in [5.74, 6) is 0.484. The van der Waals surface area contributed by atoms with Crippen molar-refractivity contribution in [1.82, 2.24) is 24.0 Å². The fraction of sp³-hybridized carbons (Fsp3) is 0.615. The average molecular weight is 294 g/mol. The van der Waals surface area contributed by atoms with E-state index in [1.807, 2.05) is 14.1 Å². The van der Waals surface area contributed by atoms with Crippen LogP contribution in [0, 0.1) is 0 Å². The van der Waals surface area contributed by atoms with E-state index in [4.69, 9.17) is 0 Å². The Kier molecular flexibility index (Phi) is 3.66. The molecule has 0 spiro atoms. The molecule has 2 rings (SSSR count). The van der Waals surface area contributed by atoms with Gasteiger partial charge in [0.2, 0.25) is 5.95 Å². The summed E-state index contributed by atoms with van der Waals surface area (Å²) in [7, 11) is 7.05. The van der Waals surface area contributed by atoms with Gasteiger partial charge in [-0.25, -0.2) is 4.79 Å². The molecule has 21 heavy (non-hydrogen) atoms. The second kappa shape index (κ2) is 5.03. The summed E-state index contributed by atoms with van der Waals surface area (Å²) in [4.78, 5) is 33.3. The van der Waals surface area contributed by atoms with Gasteiger partial charge in [0.15, 0.2) is 11.2 Å². The van der Waals surface area contributed by atoms with Gasteiger partial charge in [0.05, 0.1) is 0 Å². The van der Waals surface area contributed by atoms with Crippen LogP contribution >= 0.6 is 0 Å². The van der Waals surface area contributed by atoms with Crippen LogP contribution in [-0.2, 0) is 14.1 Å². The summed E-state index contributed by atoms with van der Waals surface area (Å²) >= 11 is 0. The first kappa shape index (κ1) is 15.3. The molecule has 2 N–H and O–H groups in total. The van der Waals surface area contributed by atoms with Gasteiger partial charge in [0.1, 0.15) is 0 Å². The molecule has 8 nitrogen and oxygen atoms in total. The monoisotopic (exact) mass is 294 g/mol. The molecule has 0 aliphatic rings. The highest BCUT2D eigenvalue weighted by Crippen LogP contribution is 2.13. The van der Waals surface area contributed by atoms with Crippen LogP contribution in [-0.4, -0.2) is 50.2 Å². The van der Waals surface area contributed by atoms with E-state index in [0.717, 1.165) is 4.57 Å². The summed E-state index contributed by atoms with van der Waals surface area (Å²) in [6.07, 6.45) is 0. The largest absolute Gasteiger partial charge is 0.354 e. The summed E-state index contributed by atoms with van der Waals surface area (Å²) < 4.78 is 2.42. The number of hydrogen-bond donors (Lipinski definition) is 2. The lowest BCUT2D eigenvalue weighted by molar-refractivity contribution is 0.210. The Labute approximate surface area is 122 Å². The number of nitrogens with one attached hydrogen (secondary N) is 2. The van der Waals surface area contributed by atoms with E-state index < -0.39 is 0 Å². The number of rotatable bonds is 4. The highest BCUT2D eigenvalue weighted by atomic mass is 16.2. The maximum Gasteiger partial charge on any atom is 0.332 e. The van der Waals surface area contributed by atoms with E-state index in [0.29, 0.717) is 23.7 Å². The Morgan fingerprint density at radius 2 is 1.86 bits per heavy atom. The van der Waals surface area contributed by atoms with Crippen LogP contribution in [0.3, 0.4) is 0 Å². The molecule has 0 aliphatic heterocycles. The van der Waals surface area contributed by atoms with Crippen LogP contribution in [0.5, 0.6) is 0 Å². The predicted molar refractivity (Wildman–Crippen MR) is 82.8 cm³/mol. The van der Waals surface area contributed by atoms with Crippen molar-refractivity contribution >= 4 is 17.1 Å². The summed E-state index contributed by atoms with van der Waals surface area (Å²) in [5, 5.41) is 3.18. The lowest BCUT2D eigenvalue weighted by Gasteiger charge is -2.32. The molecule has 0 atom stereocenters. The van der Waals surface area contributed by atoms with Crippen molar-refractivity contribution in [2.45, 2.75) is 19.4 Å². The van der Waals surface area contributed by atoms with E-state index in [2.05, 4.69) is 34.0 Å². The standard InChI is InChI=1S/C13H22N6O2/c1-13(2,17(3)4)7-14-11-15-8-9(16-11)18(5)12(21)19(6)10(8)20/h7H2,1-6H3,(H2,14,15,16). The number of aromatic amines is 1. The Morgan fingerprint density at radius 3 is 2.43 bits per heavy atom. The fourth-order valence-electron chi connectivity index (χ4n) is 1.87. The second-order valence-corrected chi connectivity index (χ2v) is 6.05. The number of anilines is 1. The molecule has 8 heteroatoms. The van der Waals surface area contributed by atoms with Crippen molar-refractivity contribution < 1.29 is 0 Å². The molecule has 0 saturated carbocycles. The van der Waals surface area contributed by atoms with Gasteiger partial charge in [-0.3, -0.25) is 13.9 Å². The zero-order valence-corrected chi connectivity index (χ0v) is 13.3. The Bertz CT molecular complexity index is 780. The smallest absolute Gasteiger partial charge is 0.332 e. The van der Waals surface area contributed by atoms with Gasteiger partial charge in [-0.1, -0.05) is 0 Å². The molecule has 0 fully saturated rings. The maximum absolute atomic E-state index is 12.1. The molecule has 0 saturated heterocycles. The van der Waals surface area contributed by atoms with E-state index >= 15 is 0 Å². The highest BCUT2D eigenvalue weighted by molar-refractivity contribution is 5.72. The second-order valence-electron chi connectivity index (χ2n) is 6.05. The predicted octanol–water partition coefficient (Wildman–Crippen LogP) is -0.288. The van der Waals surface area contributed by atoms with Crippen molar-refractivity contribution in [2.75, 3.05) is 26.0 Å². The summed E-state index contributed by atoms with van der Waals surface area (Å²) in [6.45, 7) is 4.84. The molecule has 0 unspecified atom stereocenters. The molecule has 116 valence electrons. The Morgan fingerprint density at radius 1 is 1.24 bits per heavy atom. The minimum absolute atomic E-state index is 0.0736. The lowest BCUT2D eigenvalue weighted by atomic mass is 10.1. The van der Waals surface area contributed by atoms with Gasteiger partial charge >= 0.3 is 5.69 Å². The van der Waals surface area contributed by atoms with Crippen LogP contribution in [0.1, 0.15) is 13.8 Å². The molecule has 0 bridgehead atoms. The van der Waals surface area contributed by atoms with Crippen molar-refractivity contribution in [1.29, 1.82) is 0 Å². The van der Waals surface area contributed by atoms with E-state index in [9.17, 15) is 9.59 Å². The Balaban J connectivity index is 2.41. The molecule has 0 aliphatic carbocycles. The van der Waals surface area contributed by atoms with Gasteiger partial charge in [0.25, 0.3) is 5.56 Å². The first-order chi connectivity index (χ1) is 9.65. The minimum atomic E-state index is -0.390. The van der Waals surface area contributed by atoms with Crippen LogP contribution in [0.2, 0.25) is 0 Å². The molecule has 0 amide bonds. The minimum Gasteiger partial charge on any atom is -0.354 e. The molecule has 2 aromatic heterocycles. The number of H-pyrrole nitrogens is 1. The number of imidazole rings is 1. The average Bonchev–Trinajstić information content (AvgIpc) is 2.85. The maximum atomic E-state index is 12.1. The third-order valence-electron chi connectivity index (χ3n) is 3.99. The molecule has 0 radical (unpaired) electrons. The first-order valence-corrected chi connectivity index (χ1v) is 6.72. The first-order valence-electron chi connectivity index (χ1n) is 6.72. The van der Waals surface area contributed by atoms with Crippen LogP contribution < -0.4 is 16.6 Å². The third kappa shape index (κ3) is 2.58. The number of hydrogen-bond acceptors (Lipinski definition) is 5. The number of likely N-dealkylation sites (N-methyl/N-ethyl adjacent to an activating group) is 1. The number of aromatic nitrogens is 4. The summed E-state index contributed by atoms with van der Waals surface area (Å²) in [6, 6.07) is 0. The van der Waals surface area contributed by atoms with Crippen LogP contribution in [0.4, 0.5) is 5.95 Å². The number of aryl methyl sites for hydroxylation is 1. The quantitative estimate of drug-likeness (QED) is 0.809. The zero-order valence-electron chi connectivity index (χ0n) is 13.3. The van der Waals surface area contributed by atoms with Crippen molar-refractivity contribution in [2.24, 2.45) is 14.1 Å². The lowest BCUT2D eigenvalue weighted by Crippen LogP contribution is -2.44. The normalized spacial score (nSPS) is 12.3. The van der Waals surface area contributed by atoms with Crippen molar-refractivity contribution in [3.8, 4) is 0 Å². The molecule has 2 heterocycles. The van der Waals surface area contributed by atoms with Crippen LogP contribution in [0.25, 0.3) is 11.2 Å². The SMILES string of the molecule is CN(C)C(C)(C)CNc1nc2c([nH]1)c(=O)n(C)c(=O)n2C. The van der Waals surface area contributed by atoms with E-state index in [1.165, 1.54) is 11.6 Å². The highest BCUT2D eigenvalue weighted by Gasteiger charge is 2.21. The number of nitrogens with zero attached hydrogens (tertiary/aromatic N) is 4. The Hall–Kier alpha value is -2.09. The zero-order chi connectivity index (χ0) is 15.9. The van der Waals surface area contributed by atoms with Gasteiger partial charge in [-0.2, -0.15) is 4.98 Å². The van der Waals surface area contributed by atoms with Crippen LogP contribution in [0.15, 0.2) is 9.59 Å². The molecular formula is C13H22N6O2.